The van der Waals surface area contributed by atoms with Crippen LogP contribution in [0.4, 0.5) is 0 Å². The van der Waals surface area contributed by atoms with E-state index in [-0.39, 0.29) is 5.91 Å². The lowest BCUT2D eigenvalue weighted by molar-refractivity contribution is -0.122. The maximum Gasteiger partial charge on any atom is 0.266 e. The number of halogens is 2. The predicted octanol–water partition coefficient (Wildman–Crippen LogP) is 5.40. The number of methoxy groups -OCH3 is 1. The summed E-state index contributed by atoms with van der Waals surface area (Å²) in [6.45, 7) is 0.441. The summed E-state index contributed by atoms with van der Waals surface area (Å²) in [4.78, 5) is 14.8. The SMILES string of the molecule is COc1c(Cl)cc(Cl)cc1/C=C1/SC(=S)N(Cc2ccccc2)C1=O. The molecule has 1 heterocycles. The van der Waals surface area contributed by atoms with E-state index in [1.54, 1.807) is 23.1 Å². The number of ether oxygens (including phenoxy) is 1. The molecule has 1 aliphatic heterocycles. The molecule has 0 radical (unpaired) electrons. The van der Waals surface area contributed by atoms with Crippen LogP contribution in [0.25, 0.3) is 6.08 Å². The first kappa shape index (κ1) is 18.3. The first-order valence-corrected chi connectivity index (χ1v) is 9.30. The number of hydrogen-bond acceptors (Lipinski definition) is 4. The molecule has 0 atom stereocenters. The Morgan fingerprint density at radius 3 is 2.64 bits per heavy atom. The van der Waals surface area contributed by atoms with Crippen molar-refractivity contribution in [1.82, 2.24) is 4.90 Å². The molecule has 0 N–H and O–H groups in total. The maximum absolute atomic E-state index is 12.7. The van der Waals surface area contributed by atoms with Crippen LogP contribution in [0, 0.1) is 0 Å². The summed E-state index contributed by atoms with van der Waals surface area (Å²) in [5, 5.41) is 0.859. The molecule has 0 unspecified atom stereocenters. The van der Waals surface area contributed by atoms with E-state index in [0.29, 0.717) is 37.1 Å². The van der Waals surface area contributed by atoms with Gasteiger partial charge in [0.2, 0.25) is 0 Å². The Morgan fingerprint density at radius 2 is 1.96 bits per heavy atom. The standard InChI is InChI=1S/C18H13Cl2NO2S2/c1-23-16-12(7-13(19)9-14(16)20)8-15-17(22)21(18(24)25-15)10-11-5-3-2-4-6-11/h2-9H,10H2,1H3/b15-8+. The van der Waals surface area contributed by atoms with Crippen LogP contribution in [0.1, 0.15) is 11.1 Å². The van der Waals surface area contributed by atoms with Crippen molar-refractivity contribution in [1.29, 1.82) is 0 Å². The van der Waals surface area contributed by atoms with Crippen LogP contribution in [0.2, 0.25) is 10.0 Å². The number of benzene rings is 2. The normalized spacial score (nSPS) is 16.0. The Balaban J connectivity index is 1.91. The highest BCUT2D eigenvalue weighted by molar-refractivity contribution is 8.26. The molecule has 3 nitrogen and oxygen atoms in total. The van der Waals surface area contributed by atoms with Crippen LogP contribution >= 0.6 is 47.2 Å². The van der Waals surface area contributed by atoms with Gasteiger partial charge in [-0.2, -0.15) is 0 Å². The predicted molar refractivity (Wildman–Crippen MR) is 108 cm³/mol. The van der Waals surface area contributed by atoms with Gasteiger partial charge in [-0.1, -0.05) is 77.5 Å². The largest absolute Gasteiger partial charge is 0.495 e. The maximum atomic E-state index is 12.7. The summed E-state index contributed by atoms with van der Waals surface area (Å²) in [5.41, 5.74) is 1.66. The van der Waals surface area contributed by atoms with E-state index in [1.165, 1.54) is 18.9 Å². The molecule has 7 heteroatoms. The highest BCUT2D eigenvalue weighted by Gasteiger charge is 2.32. The van der Waals surface area contributed by atoms with Gasteiger partial charge in [-0.05, 0) is 23.8 Å². The average molecular weight is 410 g/mol. The zero-order chi connectivity index (χ0) is 18.0. The number of nitrogens with zero attached hydrogens (tertiary/aromatic N) is 1. The number of rotatable bonds is 4. The minimum Gasteiger partial charge on any atom is -0.495 e. The van der Waals surface area contributed by atoms with Gasteiger partial charge in [0.25, 0.3) is 5.91 Å². The van der Waals surface area contributed by atoms with E-state index in [4.69, 9.17) is 40.2 Å². The first-order valence-electron chi connectivity index (χ1n) is 7.32. The summed E-state index contributed by atoms with van der Waals surface area (Å²) in [7, 11) is 1.52. The topological polar surface area (TPSA) is 29.5 Å². The smallest absolute Gasteiger partial charge is 0.266 e. The van der Waals surface area contributed by atoms with Crippen LogP contribution in [0.3, 0.4) is 0 Å². The molecule has 0 aromatic heterocycles. The van der Waals surface area contributed by atoms with Crippen LogP contribution in [-0.4, -0.2) is 22.2 Å². The van der Waals surface area contributed by atoms with Gasteiger partial charge in [-0.15, -0.1) is 0 Å². The number of carbonyl (C=O) groups excluding carboxylic acids is 1. The Bertz CT molecular complexity index is 869. The molecule has 0 bridgehead atoms. The summed E-state index contributed by atoms with van der Waals surface area (Å²) >= 11 is 18.8. The molecule has 3 rings (SSSR count). The van der Waals surface area contributed by atoms with E-state index in [9.17, 15) is 4.79 Å². The zero-order valence-corrected chi connectivity index (χ0v) is 16.3. The molecule has 0 aliphatic carbocycles. The van der Waals surface area contributed by atoms with Gasteiger partial charge in [0.15, 0.2) is 0 Å². The molecule has 2 aromatic rings. The quantitative estimate of drug-likeness (QED) is 0.499. The van der Waals surface area contributed by atoms with E-state index in [2.05, 4.69) is 0 Å². The Labute approximate surface area is 165 Å². The highest BCUT2D eigenvalue weighted by Crippen LogP contribution is 2.38. The van der Waals surface area contributed by atoms with E-state index in [1.807, 2.05) is 30.3 Å². The van der Waals surface area contributed by atoms with Crippen LogP contribution in [-0.2, 0) is 11.3 Å². The second-order valence-electron chi connectivity index (χ2n) is 5.26. The van der Waals surface area contributed by atoms with Crippen molar-refractivity contribution in [3.63, 3.8) is 0 Å². The number of thioether (sulfide) groups is 1. The van der Waals surface area contributed by atoms with Crippen molar-refractivity contribution in [2.45, 2.75) is 6.54 Å². The molecule has 0 saturated carbocycles. The van der Waals surface area contributed by atoms with Gasteiger partial charge in [0, 0.05) is 10.6 Å². The zero-order valence-electron chi connectivity index (χ0n) is 13.2. The lowest BCUT2D eigenvalue weighted by atomic mass is 10.1. The Hall–Kier alpha value is -1.53. The molecule has 0 spiro atoms. The first-order chi connectivity index (χ1) is 12.0. The third-order valence-corrected chi connectivity index (χ3v) is 5.46. The molecule has 1 fully saturated rings. The summed E-state index contributed by atoms with van der Waals surface area (Å²) in [6.07, 6.45) is 1.71. The second-order valence-corrected chi connectivity index (χ2v) is 7.78. The Morgan fingerprint density at radius 1 is 1.24 bits per heavy atom. The van der Waals surface area contributed by atoms with E-state index < -0.39 is 0 Å². The monoisotopic (exact) mass is 409 g/mol. The molecular formula is C18H13Cl2NO2S2. The second kappa shape index (κ2) is 7.79. The van der Waals surface area contributed by atoms with Crippen molar-refractivity contribution in [3.8, 4) is 5.75 Å². The van der Waals surface area contributed by atoms with Gasteiger partial charge in [0.05, 0.1) is 23.6 Å². The molecule has 2 aromatic carbocycles. The molecule has 128 valence electrons. The van der Waals surface area contributed by atoms with Gasteiger partial charge in [-0.3, -0.25) is 9.69 Å². The average Bonchev–Trinajstić information content (AvgIpc) is 2.83. The lowest BCUT2D eigenvalue weighted by Crippen LogP contribution is -2.27. The molecule has 1 saturated heterocycles. The molecule has 1 aliphatic rings. The third kappa shape index (κ3) is 4.01. The van der Waals surface area contributed by atoms with Crippen LogP contribution in [0.5, 0.6) is 5.75 Å². The highest BCUT2D eigenvalue weighted by atomic mass is 35.5. The molecular weight excluding hydrogens is 397 g/mol. The molecule has 1 amide bonds. The summed E-state index contributed by atoms with van der Waals surface area (Å²) in [5.74, 6) is 0.330. The fourth-order valence-electron chi connectivity index (χ4n) is 2.45. The van der Waals surface area contributed by atoms with Gasteiger partial charge in [0.1, 0.15) is 10.1 Å². The van der Waals surface area contributed by atoms with Crippen molar-refractivity contribution in [3.05, 3.63) is 68.5 Å². The molecule has 25 heavy (non-hydrogen) atoms. The Kier molecular flexibility index (Phi) is 5.69. The van der Waals surface area contributed by atoms with Gasteiger partial charge >= 0.3 is 0 Å². The number of carbonyl (C=O) groups is 1. The fraction of sp³-hybridized carbons (Fsp3) is 0.111. The number of hydrogen-bond donors (Lipinski definition) is 0. The fourth-order valence-corrected chi connectivity index (χ4v) is 4.28. The van der Waals surface area contributed by atoms with E-state index >= 15 is 0 Å². The minimum atomic E-state index is -0.142. The number of thiocarbonyl (C=S) groups is 1. The van der Waals surface area contributed by atoms with Crippen LogP contribution < -0.4 is 4.74 Å². The lowest BCUT2D eigenvalue weighted by Gasteiger charge is -2.14. The van der Waals surface area contributed by atoms with Gasteiger partial charge < -0.3 is 4.74 Å². The van der Waals surface area contributed by atoms with Crippen LogP contribution in [0.15, 0.2) is 47.4 Å². The van der Waals surface area contributed by atoms with Gasteiger partial charge in [-0.25, -0.2) is 0 Å². The van der Waals surface area contributed by atoms with E-state index in [0.717, 1.165) is 5.56 Å². The van der Waals surface area contributed by atoms with Crippen molar-refractivity contribution in [2.24, 2.45) is 0 Å². The summed E-state index contributed by atoms with van der Waals surface area (Å²) in [6, 6.07) is 13.0. The summed E-state index contributed by atoms with van der Waals surface area (Å²) < 4.78 is 5.84. The van der Waals surface area contributed by atoms with Crippen molar-refractivity contribution >= 4 is 63.5 Å². The van der Waals surface area contributed by atoms with Crippen molar-refractivity contribution in [2.75, 3.05) is 7.11 Å². The number of amides is 1. The van der Waals surface area contributed by atoms with Crippen molar-refractivity contribution < 1.29 is 9.53 Å². The third-order valence-electron chi connectivity index (χ3n) is 3.58. The minimum absolute atomic E-state index is 0.142.